The zero-order chi connectivity index (χ0) is 17.6. The lowest BCUT2D eigenvalue weighted by molar-refractivity contribution is -0.121. The summed E-state index contributed by atoms with van der Waals surface area (Å²) < 4.78 is 25.8. The summed E-state index contributed by atoms with van der Waals surface area (Å²) in [7, 11) is -2.30. The quantitative estimate of drug-likeness (QED) is 0.720. The van der Waals surface area contributed by atoms with E-state index in [0.29, 0.717) is 17.5 Å². The number of carbonyl (C=O) groups excluding carboxylic acids is 1. The van der Waals surface area contributed by atoms with Gasteiger partial charge in [0.2, 0.25) is 15.9 Å². The predicted octanol–water partition coefficient (Wildman–Crippen LogP) is 1.89. The number of hydrogen-bond acceptors (Lipinski definition) is 4. The molecule has 1 atom stereocenters. The minimum atomic E-state index is -3.69. The number of piperidine rings is 1. The summed E-state index contributed by atoms with van der Waals surface area (Å²) in [5.41, 5.74) is 0. The second kappa shape index (κ2) is 10.3. The van der Waals surface area contributed by atoms with E-state index in [4.69, 9.17) is 11.6 Å². The number of benzene rings is 1. The van der Waals surface area contributed by atoms with Gasteiger partial charge < -0.3 is 10.6 Å². The fourth-order valence-corrected chi connectivity index (χ4v) is 3.97. The maximum Gasteiger partial charge on any atom is 0.243 e. The lowest BCUT2D eigenvalue weighted by Crippen LogP contribution is -2.39. The first-order chi connectivity index (χ1) is 11.4. The van der Waals surface area contributed by atoms with Crippen molar-refractivity contribution in [3.63, 3.8) is 0 Å². The summed E-state index contributed by atoms with van der Waals surface area (Å²) in [6.07, 6.45) is 3.25. The van der Waals surface area contributed by atoms with E-state index in [9.17, 15) is 13.2 Å². The van der Waals surface area contributed by atoms with Crippen LogP contribution in [0, 0.1) is 5.92 Å². The molecule has 1 aromatic rings. The molecule has 0 radical (unpaired) electrons. The normalized spacial score (nSPS) is 17.8. The molecule has 0 saturated carbocycles. The number of halogens is 2. The van der Waals surface area contributed by atoms with Crippen LogP contribution in [-0.4, -0.2) is 51.9 Å². The molecule has 1 saturated heterocycles. The van der Waals surface area contributed by atoms with Gasteiger partial charge in [0.25, 0.3) is 0 Å². The molecule has 1 aliphatic heterocycles. The van der Waals surface area contributed by atoms with Crippen molar-refractivity contribution in [1.82, 2.24) is 14.9 Å². The molecule has 0 spiro atoms. The summed E-state index contributed by atoms with van der Waals surface area (Å²) in [6, 6.07) is 5.89. The molecule has 142 valence electrons. The van der Waals surface area contributed by atoms with Crippen molar-refractivity contribution >= 4 is 39.9 Å². The highest BCUT2D eigenvalue weighted by Crippen LogP contribution is 2.17. The molecular formula is C16H25Cl2N3O3S. The minimum Gasteiger partial charge on any atom is -0.355 e. The van der Waals surface area contributed by atoms with Gasteiger partial charge in [0.05, 0.1) is 11.4 Å². The molecule has 1 aromatic carbocycles. The number of likely N-dealkylation sites (N-methyl/N-ethyl adjacent to an activating group) is 1. The average Bonchev–Trinajstić information content (AvgIpc) is 2.56. The molecule has 2 rings (SSSR count). The number of sulfonamides is 1. The first-order valence-corrected chi connectivity index (χ1v) is 9.90. The van der Waals surface area contributed by atoms with Gasteiger partial charge in [-0.2, -0.15) is 4.31 Å². The van der Waals surface area contributed by atoms with Crippen LogP contribution >= 0.6 is 24.0 Å². The Bertz CT molecular complexity index is 647. The Morgan fingerprint density at radius 1 is 1.36 bits per heavy atom. The lowest BCUT2D eigenvalue weighted by atomic mass is 9.96. The average molecular weight is 410 g/mol. The van der Waals surface area contributed by atoms with E-state index in [1.54, 1.807) is 0 Å². The highest BCUT2D eigenvalue weighted by Gasteiger charge is 2.23. The Labute approximate surface area is 160 Å². The fraction of sp³-hybridized carbons (Fsp3) is 0.562. The molecule has 1 unspecified atom stereocenters. The third-order valence-electron chi connectivity index (χ3n) is 4.16. The van der Waals surface area contributed by atoms with Crippen LogP contribution in [0.25, 0.3) is 0 Å². The van der Waals surface area contributed by atoms with Crippen LogP contribution < -0.4 is 10.6 Å². The molecule has 1 fully saturated rings. The van der Waals surface area contributed by atoms with Gasteiger partial charge in [0.1, 0.15) is 0 Å². The summed E-state index contributed by atoms with van der Waals surface area (Å²) in [4.78, 5) is 12.1. The van der Waals surface area contributed by atoms with Gasteiger partial charge in [0.15, 0.2) is 0 Å². The first kappa shape index (κ1) is 22.2. The van der Waals surface area contributed by atoms with Crippen molar-refractivity contribution in [2.24, 2.45) is 5.92 Å². The second-order valence-corrected chi connectivity index (χ2v) is 8.55. The van der Waals surface area contributed by atoms with E-state index in [0.717, 1.165) is 23.8 Å². The maximum atomic E-state index is 12.4. The fourth-order valence-electron chi connectivity index (χ4n) is 2.72. The van der Waals surface area contributed by atoms with E-state index in [2.05, 4.69) is 10.6 Å². The van der Waals surface area contributed by atoms with Gasteiger partial charge in [-0.1, -0.05) is 11.6 Å². The lowest BCUT2D eigenvalue weighted by Gasteiger charge is -2.23. The van der Waals surface area contributed by atoms with Crippen molar-refractivity contribution in [2.75, 3.05) is 33.2 Å². The van der Waals surface area contributed by atoms with Crippen LogP contribution in [0.1, 0.15) is 19.3 Å². The Kier molecular flexibility index (Phi) is 9.16. The highest BCUT2D eigenvalue weighted by atomic mass is 35.5. The van der Waals surface area contributed by atoms with Crippen LogP contribution in [0.4, 0.5) is 0 Å². The van der Waals surface area contributed by atoms with Gasteiger partial charge >= 0.3 is 0 Å². The van der Waals surface area contributed by atoms with Crippen LogP contribution in [0.15, 0.2) is 29.2 Å². The zero-order valence-electron chi connectivity index (χ0n) is 14.2. The third-order valence-corrected chi connectivity index (χ3v) is 6.23. The summed E-state index contributed by atoms with van der Waals surface area (Å²) in [5.74, 6) is 0.286. The molecule has 9 heteroatoms. The smallest absolute Gasteiger partial charge is 0.243 e. The summed E-state index contributed by atoms with van der Waals surface area (Å²) in [5, 5.41) is 6.60. The van der Waals surface area contributed by atoms with Gasteiger partial charge in [-0.05, 0) is 62.5 Å². The number of hydrogen-bond donors (Lipinski definition) is 2. The monoisotopic (exact) mass is 409 g/mol. The van der Waals surface area contributed by atoms with E-state index < -0.39 is 10.0 Å². The first-order valence-electron chi connectivity index (χ1n) is 8.09. The third kappa shape index (κ3) is 6.75. The molecule has 25 heavy (non-hydrogen) atoms. The van der Waals surface area contributed by atoms with Crippen LogP contribution in [0.5, 0.6) is 0 Å². The van der Waals surface area contributed by atoms with E-state index in [1.165, 1.54) is 44.2 Å². The van der Waals surface area contributed by atoms with Crippen LogP contribution in [0.3, 0.4) is 0 Å². The van der Waals surface area contributed by atoms with Gasteiger partial charge in [-0.3, -0.25) is 4.79 Å². The number of amides is 1. The SMILES string of the molecule is CN(CC(=O)NCCC1CCCNC1)S(=O)(=O)c1ccc(Cl)cc1.Cl. The molecule has 1 aliphatic rings. The molecule has 0 aliphatic carbocycles. The van der Waals surface area contributed by atoms with Crippen molar-refractivity contribution < 1.29 is 13.2 Å². The Morgan fingerprint density at radius 3 is 2.64 bits per heavy atom. The van der Waals surface area contributed by atoms with E-state index >= 15 is 0 Å². The zero-order valence-corrected chi connectivity index (χ0v) is 16.6. The summed E-state index contributed by atoms with van der Waals surface area (Å²) in [6.45, 7) is 2.42. The van der Waals surface area contributed by atoms with Crippen LogP contribution in [0.2, 0.25) is 5.02 Å². The molecule has 1 amide bonds. The van der Waals surface area contributed by atoms with Crippen molar-refractivity contribution in [3.8, 4) is 0 Å². The number of nitrogens with one attached hydrogen (secondary N) is 2. The van der Waals surface area contributed by atoms with E-state index in [1.807, 2.05) is 0 Å². The maximum absolute atomic E-state index is 12.4. The Morgan fingerprint density at radius 2 is 2.04 bits per heavy atom. The minimum absolute atomic E-state index is 0. The largest absolute Gasteiger partial charge is 0.355 e. The molecule has 0 bridgehead atoms. The molecule has 1 heterocycles. The van der Waals surface area contributed by atoms with Crippen molar-refractivity contribution in [3.05, 3.63) is 29.3 Å². The topological polar surface area (TPSA) is 78.5 Å². The summed E-state index contributed by atoms with van der Waals surface area (Å²) >= 11 is 5.77. The molecular weight excluding hydrogens is 385 g/mol. The standard InChI is InChI=1S/C16H24ClN3O3S.ClH/c1-20(24(22,23)15-6-4-14(17)5-7-15)12-16(21)19-10-8-13-3-2-9-18-11-13;/h4-7,13,18H,2-3,8-12H2,1H3,(H,19,21);1H. The Balaban J connectivity index is 0.00000312. The van der Waals surface area contributed by atoms with Crippen molar-refractivity contribution in [2.45, 2.75) is 24.2 Å². The van der Waals surface area contributed by atoms with Crippen LogP contribution in [-0.2, 0) is 14.8 Å². The number of carbonyl (C=O) groups is 1. The second-order valence-electron chi connectivity index (χ2n) is 6.07. The molecule has 6 nitrogen and oxygen atoms in total. The Hall–Kier alpha value is -0.860. The van der Waals surface area contributed by atoms with E-state index in [-0.39, 0.29) is 29.8 Å². The molecule has 0 aromatic heterocycles. The van der Waals surface area contributed by atoms with Gasteiger partial charge in [0, 0.05) is 18.6 Å². The van der Waals surface area contributed by atoms with Crippen molar-refractivity contribution in [1.29, 1.82) is 0 Å². The highest BCUT2D eigenvalue weighted by molar-refractivity contribution is 7.89. The number of rotatable bonds is 7. The number of nitrogens with zero attached hydrogens (tertiary/aromatic N) is 1. The van der Waals surface area contributed by atoms with Gasteiger partial charge in [-0.15, -0.1) is 12.4 Å². The van der Waals surface area contributed by atoms with Gasteiger partial charge in [-0.25, -0.2) is 8.42 Å². The molecule has 2 N–H and O–H groups in total. The predicted molar refractivity (Wildman–Crippen MR) is 102 cm³/mol.